The Hall–Kier alpha value is -3.15. The number of hydrogen-bond acceptors (Lipinski definition) is 5. The molecule has 0 bridgehead atoms. The summed E-state index contributed by atoms with van der Waals surface area (Å²) in [6.07, 6.45) is 3.22. The molecule has 3 rings (SSSR count). The fourth-order valence-electron chi connectivity index (χ4n) is 2.56. The second-order valence-corrected chi connectivity index (χ2v) is 5.75. The van der Waals surface area contributed by atoms with Gasteiger partial charge in [-0.2, -0.15) is 0 Å². The van der Waals surface area contributed by atoms with Gasteiger partial charge in [0.1, 0.15) is 11.6 Å². The van der Waals surface area contributed by atoms with Gasteiger partial charge in [0.25, 0.3) is 0 Å². The first-order chi connectivity index (χ1) is 12.0. The third kappa shape index (κ3) is 3.85. The summed E-state index contributed by atoms with van der Waals surface area (Å²) in [5, 5.41) is 3.06. The second kappa shape index (κ2) is 7.17. The number of nitrogens with two attached hydrogens (primary N) is 1. The maximum Gasteiger partial charge on any atom is 0.202 e. The molecule has 0 aliphatic carbocycles. The Bertz CT molecular complexity index is 905. The molecule has 0 fully saturated rings. The highest BCUT2D eigenvalue weighted by Crippen LogP contribution is 2.19. The van der Waals surface area contributed by atoms with Crippen LogP contribution in [-0.2, 0) is 13.0 Å². The molecule has 0 unspecified atom stereocenters. The summed E-state index contributed by atoms with van der Waals surface area (Å²) in [5.41, 5.74) is 8.36. The van der Waals surface area contributed by atoms with Gasteiger partial charge in [-0.15, -0.1) is 0 Å². The number of carbonyl (C=O) groups is 1. The number of halogens is 1. The smallest absolute Gasteiger partial charge is 0.202 e. The summed E-state index contributed by atoms with van der Waals surface area (Å²) in [4.78, 5) is 16.3. The Morgan fingerprint density at radius 3 is 2.88 bits per heavy atom. The van der Waals surface area contributed by atoms with E-state index in [2.05, 4.69) is 10.3 Å². The average molecular weight is 339 g/mol. The van der Waals surface area contributed by atoms with Gasteiger partial charge in [0.2, 0.25) is 5.78 Å². The predicted octanol–water partition coefficient (Wildman–Crippen LogP) is 3.74. The van der Waals surface area contributed by atoms with E-state index in [4.69, 9.17) is 10.2 Å². The molecular formula is C19H18FN3O2. The SMILES string of the molecule is Cc1ccoc1C(=O)Cc1ccc(F)c(CNc2cccnc2N)c1. The van der Waals surface area contributed by atoms with Gasteiger partial charge in [-0.05, 0) is 42.3 Å². The molecule has 2 heterocycles. The van der Waals surface area contributed by atoms with Gasteiger partial charge in [-0.3, -0.25) is 4.79 Å². The number of furan rings is 1. The molecule has 25 heavy (non-hydrogen) atoms. The van der Waals surface area contributed by atoms with Crippen molar-refractivity contribution in [3.8, 4) is 0 Å². The van der Waals surface area contributed by atoms with E-state index in [0.717, 1.165) is 11.1 Å². The monoisotopic (exact) mass is 339 g/mol. The lowest BCUT2D eigenvalue weighted by Crippen LogP contribution is -2.08. The van der Waals surface area contributed by atoms with Crippen LogP contribution in [0.5, 0.6) is 0 Å². The van der Waals surface area contributed by atoms with Crippen molar-refractivity contribution in [1.29, 1.82) is 0 Å². The van der Waals surface area contributed by atoms with Crippen molar-refractivity contribution in [3.05, 3.63) is 77.1 Å². The van der Waals surface area contributed by atoms with Crippen LogP contribution in [0.3, 0.4) is 0 Å². The molecule has 0 aliphatic rings. The molecule has 128 valence electrons. The Balaban J connectivity index is 1.73. The minimum absolute atomic E-state index is 0.135. The van der Waals surface area contributed by atoms with Crippen LogP contribution >= 0.6 is 0 Å². The topological polar surface area (TPSA) is 81.2 Å². The zero-order valence-corrected chi connectivity index (χ0v) is 13.8. The van der Waals surface area contributed by atoms with E-state index in [1.165, 1.54) is 12.3 Å². The average Bonchev–Trinajstić information content (AvgIpc) is 3.03. The molecule has 0 saturated carbocycles. The van der Waals surface area contributed by atoms with Gasteiger partial charge in [0.15, 0.2) is 5.76 Å². The van der Waals surface area contributed by atoms with Crippen molar-refractivity contribution < 1.29 is 13.6 Å². The highest BCUT2D eigenvalue weighted by atomic mass is 19.1. The molecule has 0 amide bonds. The van der Waals surface area contributed by atoms with Gasteiger partial charge < -0.3 is 15.5 Å². The number of rotatable bonds is 6. The molecule has 5 nitrogen and oxygen atoms in total. The number of pyridine rings is 1. The van der Waals surface area contributed by atoms with Crippen LogP contribution in [0.25, 0.3) is 0 Å². The first-order valence-corrected chi connectivity index (χ1v) is 7.83. The van der Waals surface area contributed by atoms with Crippen molar-refractivity contribution in [1.82, 2.24) is 4.98 Å². The molecule has 0 spiro atoms. The number of anilines is 2. The van der Waals surface area contributed by atoms with Crippen LogP contribution in [0.1, 0.15) is 27.2 Å². The lowest BCUT2D eigenvalue weighted by molar-refractivity contribution is 0.0965. The molecule has 0 atom stereocenters. The molecular weight excluding hydrogens is 321 g/mol. The van der Waals surface area contributed by atoms with Crippen LogP contribution < -0.4 is 11.1 Å². The van der Waals surface area contributed by atoms with E-state index in [0.29, 0.717) is 22.8 Å². The number of benzene rings is 1. The summed E-state index contributed by atoms with van der Waals surface area (Å²) in [7, 11) is 0. The summed E-state index contributed by atoms with van der Waals surface area (Å²) < 4.78 is 19.3. The molecule has 6 heteroatoms. The quantitative estimate of drug-likeness (QED) is 0.669. The lowest BCUT2D eigenvalue weighted by Gasteiger charge is -2.10. The van der Waals surface area contributed by atoms with E-state index in [1.54, 1.807) is 36.5 Å². The second-order valence-electron chi connectivity index (χ2n) is 5.75. The Labute approximate surface area is 144 Å². The first-order valence-electron chi connectivity index (χ1n) is 7.83. The van der Waals surface area contributed by atoms with Gasteiger partial charge in [-0.25, -0.2) is 9.37 Å². The summed E-state index contributed by atoms with van der Waals surface area (Å²) in [6.45, 7) is 2.05. The van der Waals surface area contributed by atoms with Crippen molar-refractivity contribution in [2.75, 3.05) is 11.1 Å². The number of ketones is 1. The number of hydrogen-bond donors (Lipinski definition) is 2. The number of carbonyl (C=O) groups excluding carboxylic acids is 1. The fraction of sp³-hybridized carbons (Fsp3) is 0.158. The van der Waals surface area contributed by atoms with Crippen LogP contribution in [0, 0.1) is 12.7 Å². The third-order valence-electron chi connectivity index (χ3n) is 3.90. The third-order valence-corrected chi connectivity index (χ3v) is 3.90. The number of nitrogen functional groups attached to an aromatic ring is 1. The van der Waals surface area contributed by atoms with Crippen LogP contribution in [-0.4, -0.2) is 10.8 Å². The zero-order valence-electron chi connectivity index (χ0n) is 13.8. The van der Waals surface area contributed by atoms with E-state index in [9.17, 15) is 9.18 Å². The van der Waals surface area contributed by atoms with Crippen LogP contribution in [0.15, 0.2) is 53.3 Å². The van der Waals surface area contributed by atoms with Crippen molar-refractivity contribution >= 4 is 17.3 Å². The predicted molar refractivity (Wildman–Crippen MR) is 93.9 cm³/mol. The molecule has 3 aromatic rings. The number of aryl methyl sites for hydroxylation is 1. The van der Waals surface area contributed by atoms with Crippen molar-refractivity contribution in [2.45, 2.75) is 19.9 Å². The number of Topliss-reactive ketones (excluding diaryl/α,β-unsaturated/α-hetero) is 1. The maximum absolute atomic E-state index is 14.1. The fourth-order valence-corrected chi connectivity index (χ4v) is 2.56. The maximum atomic E-state index is 14.1. The summed E-state index contributed by atoms with van der Waals surface area (Å²) >= 11 is 0. The zero-order chi connectivity index (χ0) is 17.8. The van der Waals surface area contributed by atoms with Crippen LogP contribution in [0.2, 0.25) is 0 Å². The van der Waals surface area contributed by atoms with Crippen LogP contribution in [0.4, 0.5) is 15.9 Å². The highest BCUT2D eigenvalue weighted by Gasteiger charge is 2.14. The van der Waals surface area contributed by atoms with Crippen molar-refractivity contribution in [2.24, 2.45) is 0 Å². The molecule has 3 N–H and O–H groups in total. The van der Waals surface area contributed by atoms with Crippen molar-refractivity contribution in [3.63, 3.8) is 0 Å². The lowest BCUT2D eigenvalue weighted by atomic mass is 10.0. The first kappa shape index (κ1) is 16.7. The van der Waals surface area contributed by atoms with E-state index in [1.807, 2.05) is 6.92 Å². The molecule has 1 aromatic carbocycles. The van der Waals surface area contributed by atoms with Gasteiger partial charge in [0.05, 0.1) is 12.0 Å². The number of aromatic nitrogens is 1. The largest absolute Gasteiger partial charge is 0.461 e. The molecule has 2 aromatic heterocycles. The molecule has 0 aliphatic heterocycles. The van der Waals surface area contributed by atoms with Gasteiger partial charge in [-0.1, -0.05) is 12.1 Å². The highest BCUT2D eigenvalue weighted by molar-refractivity contribution is 5.96. The Kier molecular flexibility index (Phi) is 4.79. The summed E-state index contributed by atoms with van der Waals surface area (Å²) in [5.74, 6) is 0.208. The Morgan fingerprint density at radius 1 is 1.32 bits per heavy atom. The minimum atomic E-state index is -0.347. The summed E-state index contributed by atoms with van der Waals surface area (Å²) in [6, 6.07) is 9.90. The van der Waals surface area contributed by atoms with Gasteiger partial charge in [0, 0.05) is 24.7 Å². The Morgan fingerprint density at radius 2 is 2.16 bits per heavy atom. The molecule has 0 saturated heterocycles. The number of nitrogens with zero attached hydrogens (tertiary/aromatic N) is 1. The van der Waals surface area contributed by atoms with E-state index < -0.39 is 0 Å². The standard InChI is InChI=1S/C19H18FN3O2/c1-12-6-8-25-18(12)17(24)10-13-4-5-15(20)14(9-13)11-23-16-3-2-7-22-19(16)21/h2-9,23H,10-11H2,1H3,(H2,21,22). The molecule has 0 radical (unpaired) electrons. The van der Waals surface area contributed by atoms with Gasteiger partial charge >= 0.3 is 0 Å². The normalized spacial score (nSPS) is 10.6. The minimum Gasteiger partial charge on any atom is -0.461 e. The van der Waals surface area contributed by atoms with E-state index in [-0.39, 0.29) is 24.6 Å². The number of nitrogens with one attached hydrogen (secondary N) is 1. The van der Waals surface area contributed by atoms with E-state index >= 15 is 0 Å².